The molecule has 0 fully saturated rings. The van der Waals surface area contributed by atoms with Crippen molar-refractivity contribution in [3.63, 3.8) is 0 Å². The fraction of sp³-hybridized carbons (Fsp3) is 1.00. The molecule has 0 aliphatic rings. The molecule has 0 aromatic heterocycles. The zero-order valence-electron chi connectivity index (χ0n) is 16.8. The van der Waals surface area contributed by atoms with E-state index in [0.29, 0.717) is 6.42 Å². The summed E-state index contributed by atoms with van der Waals surface area (Å²) in [5.41, 5.74) is 0. The van der Waals surface area contributed by atoms with Crippen LogP contribution in [0.4, 0.5) is 0 Å². The maximum Gasteiger partial charge on any atom is 1.00 e. The van der Waals surface area contributed by atoms with Gasteiger partial charge in [0, 0.05) is 5.25 Å². The number of aliphatic hydroxyl groups excluding tert-OH is 1. The van der Waals surface area contributed by atoms with Crippen LogP contribution in [-0.2, 0) is 10.1 Å². The second kappa shape index (κ2) is 18.9. The molecule has 0 aromatic carbocycles. The van der Waals surface area contributed by atoms with Gasteiger partial charge in [-0.05, 0) is 26.2 Å². The van der Waals surface area contributed by atoms with Crippen LogP contribution in [0.1, 0.15) is 110 Å². The van der Waals surface area contributed by atoms with Crippen LogP contribution in [0.2, 0.25) is 0 Å². The molecule has 6 heteroatoms. The summed E-state index contributed by atoms with van der Waals surface area (Å²) in [6, 6.07) is 0. The van der Waals surface area contributed by atoms with Crippen LogP contribution < -0.4 is 51.4 Å². The average Bonchev–Trinajstić information content (AvgIpc) is 2.51. The van der Waals surface area contributed by atoms with Gasteiger partial charge in [-0.25, -0.2) is 8.42 Å². The van der Waals surface area contributed by atoms with Crippen LogP contribution in [0, 0.1) is 0 Å². The van der Waals surface area contributed by atoms with Gasteiger partial charge < -0.3 is 9.66 Å². The molecule has 146 valence electrons. The molecule has 2 atom stereocenters. The summed E-state index contributed by atoms with van der Waals surface area (Å²) in [4.78, 5) is 0. The number of aliphatic hydroxyl groups is 1. The summed E-state index contributed by atoms with van der Waals surface area (Å²) in [6.45, 7) is 3.69. The zero-order valence-corrected chi connectivity index (χ0v) is 20.8. The number of hydrogen-bond donors (Lipinski definition) is 1. The van der Waals surface area contributed by atoms with Crippen LogP contribution in [0.5, 0.6) is 0 Å². The van der Waals surface area contributed by atoms with Crippen molar-refractivity contribution < 1.29 is 69.5 Å². The molecular weight excluding hydrogens is 363 g/mol. The summed E-state index contributed by atoms with van der Waals surface area (Å²) >= 11 is 0. The maximum atomic E-state index is 10.8. The molecule has 4 nitrogen and oxygen atoms in total. The van der Waals surface area contributed by atoms with Gasteiger partial charge in [-0.15, -0.1) is 0 Å². The third-order valence-corrected chi connectivity index (χ3v) is 6.00. The normalized spacial score (nSPS) is 14.1. The van der Waals surface area contributed by atoms with Crippen LogP contribution in [0.15, 0.2) is 0 Å². The summed E-state index contributed by atoms with van der Waals surface area (Å²) in [5.74, 6) is 0. The van der Waals surface area contributed by atoms with E-state index in [1.165, 1.54) is 51.9 Å². The fourth-order valence-electron chi connectivity index (χ4n) is 2.97. The second-order valence-corrected chi connectivity index (χ2v) is 9.00. The quantitative estimate of drug-likeness (QED) is 0.230. The Labute approximate surface area is 199 Å². The molecule has 0 radical (unpaired) electrons. The summed E-state index contributed by atoms with van der Waals surface area (Å²) in [6.07, 6.45) is 16.1. The van der Waals surface area contributed by atoms with Crippen LogP contribution in [0.3, 0.4) is 0 Å². The second-order valence-electron chi connectivity index (χ2n) is 7.21. The smallest absolute Gasteiger partial charge is 0.748 e. The van der Waals surface area contributed by atoms with Crippen molar-refractivity contribution in [1.82, 2.24) is 0 Å². The predicted molar refractivity (Wildman–Crippen MR) is 100 cm³/mol. The van der Waals surface area contributed by atoms with Gasteiger partial charge in [-0.3, -0.25) is 0 Å². The van der Waals surface area contributed by atoms with E-state index in [1.807, 2.05) is 0 Å². The van der Waals surface area contributed by atoms with Crippen molar-refractivity contribution in [3.05, 3.63) is 0 Å². The van der Waals surface area contributed by atoms with E-state index in [2.05, 4.69) is 6.92 Å². The molecule has 25 heavy (non-hydrogen) atoms. The Morgan fingerprint density at radius 2 is 1.12 bits per heavy atom. The first kappa shape index (κ1) is 28.7. The van der Waals surface area contributed by atoms with Crippen molar-refractivity contribution >= 4 is 10.1 Å². The molecule has 0 aromatic rings. The molecule has 0 aliphatic carbocycles. The molecule has 0 bridgehead atoms. The Morgan fingerprint density at radius 1 is 0.760 bits per heavy atom. The number of unbranched alkanes of at least 4 members (excludes halogenated alkanes) is 10. The first-order valence-corrected chi connectivity index (χ1v) is 11.5. The molecule has 0 aliphatic heterocycles. The third kappa shape index (κ3) is 20.1. The van der Waals surface area contributed by atoms with E-state index in [4.69, 9.17) is 0 Å². The van der Waals surface area contributed by atoms with Crippen LogP contribution in [0.25, 0.3) is 0 Å². The summed E-state index contributed by atoms with van der Waals surface area (Å²) in [7, 11) is -4.09. The SMILES string of the molecule is CCCCCC(O)CCCCCCCCCCCC(C)S(=O)(=O)[O-].[K+]. The van der Waals surface area contributed by atoms with Gasteiger partial charge in [0.25, 0.3) is 0 Å². The Morgan fingerprint density at radius 3 is 1.52 bits per heavy atom. The van der Waals surface area contributed by atoms with E-state index >= 15 is 0 Å². The molecule has 1 N–H and O–H groups in total. The Balaban J connectivity index is 0. The van der Waals surface area contributed by atoms with Gasteiger partial charge in [0.2, 0.25) is 0 Å². The van der Waals surface area contributed by atoms with E-state index < -0.39 is 15.4 Å². The minimum Gasteiger partial charge on any atom is -0.748 e. The van der Waals surface area contributed by atoms with E-state index in [-0.39, 0.29) is 57.5 Å². The molecular formula is C19H39KO4S. The third-order valence-electron chi connectivity index (χ3n) is 4.78. The molecule has 0 heterocycles. The van der Waals surface area contributed by atoms with Crippen LogP contribution in [-0.4, -0.2) is 29.4 Å². The van der Waals surface area contributed by atoms with E-state index in [9.17, 15) is 18.1 Å². The molecule has 0 spiro atoms. The van der Waals surface area contributed by atoms with Crippen molar-refractivity contribution in [2.24, 2.45) is 0 Å². The Bertz CT molecular complexity index is 374. The van der Waals surface area contributed by atoms with Crippen molar-refractivity contribution in [2.45, 2.75) is 122 Å². The van der Waals surface area contributed by atoms with Crippen molar-refractivity contribution in [2.75, 3.05) is 0 Å². The average molecular weight is 403 g/mol. The van der Waals surface area contributed by atoms with Gasteiger partial charge in [0.1, 0.15) is 0 Å². The Kier molecular flexibility index (Phi) is 21.7. The van der Waals surface area contributed by atoms with Crippen molar-refractivity contribution in [1.29, 1.82) is 0 Å². The largest absolute Gasteiger partial charge is 1.00 e. The summed E-state index contributed by atoms with van der Waals surface area (Å²) < 4.78 is 32.3. The van der Waals surface area contributed by atoms with E-state index in [1.54, 1.807) is 0 Å². The minimum absolute atomic E-state index is 0. The topological polar surface area (TPSA) is 77.4 Å². The molecule has 0 saturated heterocycles. The maximum absolute atomic E-state index is 10.8. The molecule has 0 rings (SSSR count). The van der Waals surface area contributed by atoms with Gasteiger partial charge >= 0.3 is 51.4 Å². The standard InChI is InChI=1S/C19H40O4S.K/c1-3-4-12-16-19(20)17-14-11-9-7-5-6-8-10-13-15-18(2)24(21,22)23;/h18-20H,3-17H2,1-2H3,(H,21,22,23);/q;+1/p-1. The van der Waals surface area contributed by atoms with Gasteiger partial charge in [0.05, 0.1) is 16.2 Å². The number of hydrogen-bond acceptors (Lipinski definition) is 4. The van der Waals surface area contributed by atoms with Crippen LogP contribution >= 0.6 is 0 Å². The minimum atomic E-state index is -4.09. The fourth-order valence-corrected chi connectivity index (χ4v) is 3.42. The zero-order chi connectivity index (χ0) is 18.3. The van der Waals surface area contributed by atoms with Crippen molar-refractivity contribution in [3.8, 4) is 0 Å². The Hall–Kier alpha value is 1.51. The predicted octanol–water partition coefficient (Wildman–Crippen LogP) is 2.16. The monoisotopic (exact) mass is 402 g/mol. The molecule has 0 saturated carbocycles. The molecule has 2 unspecified atom stereocenters. The van der Waals surface area contributed by atoms with Gasteiger partial charge in [-0.1, -0.05) is 84.0 Å². The van der Waals surface area contributed by atoms with E-state index in [0.717, 1.165) is 44.9 Å². The van der Waals surface area contributed by atoms with Gasteiger partial charge in [0.15, 0.2) is 0 Å². The van der Waals surface area contributed by atoms with Gasteiger partial charge in [-0.2, -0.15) is 0 Å². The first-order chi connectivity index (χ1) is 11.4. The first-order valence-electron chi connectivity index (χ1n) is 10.0. The number of rotatable bonds is 17. The molecule has 0 amide bonds. The summed E-state index contributed by atoms with van der Waals surface area (Å²) in [5, 5.41) is 9.09.